The van der Waals surface area contributed by atoms with Crippen molar-refractivity contribution in [3.05, 3.63) is 17.0 Å². The monoisotopic (exact) mass is 303 g/mol. The number of carbonyl (C=O) groups excluding carboxylic acids is 2. The molecule has 1 amide bonds. The van der Waals surface area contributed by atoms with Crippen LogP contribution >= 0.6 is 0 Å². The molecule has 2 aliphatic rings. The van der Waals surface area contributed by atoms with Crippen LogP contribution in [0.15, 0.2) is 0 Å². The van der Waals surface area contributed by atoms with E-state index >= 15 is 0 Å². The van der Waals surface area contributed by atoms with Crippen molar-refractivity contribution in [3.63, 3.8) is 0 Å². The minimum atomic E-state index is -0.125. The molecule has 0 aliphatic heterocycles. The van der Waals surface area contributed by atoms with Gasteiger partial charge in [0.2, 0.25) is 0 Å². The van der Waals surface area contributed by atoms with Gasteiger partial charge in [0.25, 0.3) is 5.91 Å². The molecular weight excluding hydrogens is 278 g/mol. The molecule has 120 valence electrons. The molecular formula is C17H25N3O2. The first kappa shape index (κ1) is 15.3. The van der Waals surface area contributed by atoms with Gasteiger partial charge >= 0.3 is 0 Å². The fraction of sp³-hybridized carbons (Fsp3) is 0.706. The van der Waals surface area contributed by atoms with Crippen molar-refractivity contribution in [2.24, 2.45) is 18.4 Å². The first-order valence-electron chi connectivity index (χ1n) is 8.35. The van der Waals surface area contributed by atoms with Crippen LogP contribution < -0.4 is 5.32 Å². The number of amides is 1. The van der Waals surface area contributed by atoms with E-state index in [0.29, 0.717) is 36.3 Å². The average Bonchev–Trinajstić information content (AvgIpc) is 3.14. The molecule has 2 aliphatic carbocycles. The molecule has 1 N–H and O–H groups in total. The Bertz CT molecular complexity index is 614. The van der Waals surface area contributed by atoms with E-state index in [0.717, 1.165) is 17.8 Å². The van der Waals surface area contributed by atoms with Gasteiger partial charge in [-0.15, -0.1) is 0 Å². The Balaban J connectivity index is 1.68. The maximum atomic E-state index is 12.5. The highest BCUT2D eigenvalue weighted by molar-refractivity contribution is 5.96. The summed E-state index contributed by atoms with van der Waals surface area (Å²) in [5.74, 6) is 0.667. The van der Waals surface area contributed by atoms with Crippen molar-refractivity contribution >= 4 is 11.7 Å². The number of nitrogens with zero attached hydrogens (tertiary/aromatic N) is 2. The Morgan fingerprint density at radius 3 is 2.73 bits per heavy atom. The van der Waals surface area contributed by atoms with E-state index < -0.39 is 0 Å². The fourth-order valence-electron chi connectivity index (χ4n) is 3.96. The molecule has 5 nitrogen and oxygen atoms in total. The van der Waals surface area contributed by atoms with Gasteiger partial charge in [0.15, 0.2) is 5.69 Å². The minimum Gasteiger partial charge on any atom is -0.350 e. The smallest absolute Gasteiger partial charge is 0.272 e. The number of hydrogen-bond acceptors (Lipinski definition) is 3. The second-order valence-electron chi connectivity index (χ2n) is 6.79. The summed E-state index contributed by atoms with van der Waals surface area (Å²) < 4.78 is 1.76. The Morgan fingerprint density at radius 2 is 2.09 bits per heavy atom. The molecule has 0 radical (unpaired) electrons. The molecule has 22 heavy (non-hydrogen) atoms. The van der Waals surface area contributed by atoms with E-state index in [9.17, 15) is 9.59 Å². The topological polar surface area (TPSA) is 64.0 Å². The van der Waals surface area contributed by atoms with E-state index in [4.69, 9.17) is 0 Å². The Labute approximate surface area is 131 Å². The van der Waals surface area contributed by atoms with Gasteiger partial charge in [-0.05, 0) is 24.2 Å². The van der Waals surface area contributed by atoms with Gasteiger partial charge in [-0.1, -0.05) is 26.7 Å². The second kappa shape index (κ2) is 5.52. The Kier molecular flexibility index (Phi) is 3.83. The highest BCUT2D eigenvalue weighted by Crippen LogP contribution is 2.57. The van der Waals surface area contributed by atoms with Gasteiger partial charge in [0, 0.05) is 37.7 Å². The quantitative estimate of drug-likeness (QED) is 0.905. The van der Waals surface area contributed by atoms with E-state index in [1.807, 2.05) is 7.05 Å². The summed E-state index contributed by atoms with van der Waals surface area (Å²) >= 11 is 0. The third kappa shape index (κ3) is 2.46. The van der Waals surface area contributed by atoms with Gasteiger partial charge in [0.05, 0.1) is 0 Å². The number of Topliss-reactive ketones (excluding diaryl/α,β-unsaturated/α-hetero) is 1. The average molecular weight is 303 g/mol. The molecule has 1 aromatic heterocycles. The number of nitrogens with one attached hydrogen (secondary N) is 1. The van der Waals surface area contributed by atoms with Crippen LogP contribution in [-0.4, -0.2) is 28.0 Å². The molecule has 1 aromatic rings. The van der Waals surface area contributed by atoms with Gasteiger partial charge < -0.3 is 5.32 Å². The summed E-state index contributed by atoms with van der Waals surface area (Å²) in [7, 11) is 1.85. The zero-order valence-electron chi connectivity index (χ0n) is 13.7. The van der Waals surface area contributed by atoms with Crippen molar-refractivity contribution < 1.29 is 9.59 Å². The maximum absolute atomic E-state index is 12.5. The molecule has 1 heterocycles. The van der Waals surface area contributed by atoms with Crippen molar-refractivity contribution in [1.82, 2.24) is 15.1 Å². The summed E-state index contributed by atoms with van der Waals surface area (Å²) in [6, 6.07) is 0. The number of aromatic nitrogens is 2. The van der Waals surface area contributed by atoms with Crippen LogP contribution in [0.3, 0.4) is 0 Å². The van der Waals surface area contributed by atoms with Crippen molar-refractivity contribution in [2.45, 2.75) is 52.4 Å². The number of fused-ring (bicyclic) bond motifs is 1. The van der Waals surface area contributed by atoms with E-state index in [2.05, 4.69) is 24.3 Å². The lowest BCUT2D eigenvalue weighted by molar-refractivity contribution is -0.118. The molecule has 3 rings (SSSR count). The van der Waals surface area contributed by atoms with E-state index in [-0.39, 0.29) is 11.7 Å². The third-order valence-corrected chi connectivity index (χ3v) is 5.78. The summed E-state index contributed by atoms with van der Waals surface area (Å²) in [6.45, 7) is 5.18. The number of hydrogen-bond donors (Lipinski definition) is 1. The molecule has 0 spiro atoms. The summed E-state index contributed by atoms with van der Waals surface area (Å²) in [6.07, 6.45) is 5.17. The van der Waals surface area contributed by atoms with Crippen LogP contribution in [-0.2, 0) is 24.7 Å². The predicted octanol–water partition coefficient (Wildman–Crippen LogP) is 2.03. The second-order valence-corrected chi connectivity index (χ2v) is 6.79. The van der Waals surface area contributed by atoms with Crippen molar-refractivity contribution in [2.75, 3.05) is 6.54 Å². The van der Waals surface area contributed by atoms with Gasteiger partial charge in [0.1, 0.15) is 5.78 Å². The Hall–Kier alpha value is -1.65. The normalized spacial score (nSPS) is 22.3. The standard InChI is InChI=1S/C17H25N3O2/c1-4-17(5-2)9-11(17)10-18-16(22)15-13-8-12(21)6-7-14(13)20(3)19-15/h11H,4-10H2,1-3H3,(H,18,22). The van der Waals surface area contributed by atoms with Gasteiger partial charge in [-0.2, -0.15) is 5.10 Å². The summed E-state index contributed by atoms with van der Waals surface area (Å²) in [5.41, 5.74) is 2.76. The lowest BCUT2D eigenvalue weighted by atomic mass is 9.94. The summed E-state index contributed by atoms with van der Waals surface area (Å²) in [4.78, 5) is 24.1. The highest BCUT2D eigenvalue weighted by atomic mass is 16.2. The van der Waals surface area contributed by atoms with Gasteiger partial charge in [-0.25, -0.2) is 0 Å². The zero-order valence-corrected chi connectivity index (χ0v) is 13.7. The highest BCUT2D eigenvalue weighted by Gasteiger charge is 2.50. The molecule has 1 atom stereocenters. The predicted molar refractivity (Wildman–Crippen MR) is 83.7 cm³/mol. The first-order valence-corrected chi connectivity index (χ1v) is 8.35. The number of rotatable bonds is 5. The van der Waals surface area contributed by atoms with Crippen LogP contribution in [0.4, 0.5) is 0 Å². The van der Waals surface area contributed by atoms with Crippen LogP contribution in [0.5, 0.6) is 0 Å². The van der Waals surface area contributed by atoms with Crippen LogP contribution in [0.2, 0.25) is 0 Å². The molecule has 5 heteroatoms. The Morgan fingerprint density at radius 1 is 1.36 bits per heavy atom. The fourth-order valence-corrected chi connectivity index (χ4v) is 3.96. The number of ketones is 1. The molecule has 0 bridgehead atoms. The van der Waals surface area contributed by atoms with Crippen LogP contribution in [0.1, 0.15) is 61.3 Å². The van der Waals surface area contributed by atoms with E-state index in [1.165, 1.54) is 19.3 Å². The minimum absolute atomic E-state index is 0.125. The lowest BCUT2D eigenvalue weighted by Crippen LogP contribution is -2.29. The SMILES string of the molecule is CCC1(CC)CC1CNC(=O)c1nn(C)c2c1CC(=O)CC2. The molecule has 1 unspecified atom stereocenters. The number of aryl methyl sites for hydroxylation is 1. The molecule has 0 saturated heterocycles. The van der Waals surface area contributed by atoms with E-state index in [1.54, 1.807) is 4.68 Å². The molecule has 1 fully saturated rings. The van der Waals surface area contributed by atoms with Crippen molar-refractivity contribution in [1.29, 1.82) is 0 Å². The van der Waals surface area contributed by atoms with Crippen LogP contribution in [0.25, 0.3) is 0 Å². The molecule has 0 aromatic carbocycles. The third-order valence-electron chi connectivity index (χ3n) is 5.78. The number of carbonyl (C=O) groups is 2. The lowest BCUT2D eigenvalue weighted by Gasteiger charge is -2.13. The van der Waals surface area contributed by atoms with Gasteiger partial charge in [-0.3, -0.25) is 14.3 Å². The van der Waals surface area contributed by atoms with Crippen LogP contribution in [0, 0.1) is 11.3 Å². The molecule has 1 saturated carbocycles. The summed E-state index contributed by atoms with van der Waals surface area (Å²) in [5, 5.41) is 7.39. The van der Waals surface area contributed by atoms with Crippen molar-refractivity contribution in [3.8, 4) is 0 Å². The first-order chi connectivity index (χ1) is 10.5. The maximum Gasteiger partial charge on any atom is 0.272 e. The zero-order chi connectivity index (χ0) is 15.9. The largest absolute Gasteiger partial charge is 0.350 e.